The van der Waals surface area contributed by atoms with Gasteiger partial charge in [0.05, 0.1) is 6.20 Å². The van der Waals surface area contributed by atoms with E-state index in [1.807, 2.05) is 36.5 Å². The van der Waals surface area contributed by atoms with Crippen molar-refractivity contribution in [3.05, 3.63) is 47.7 Å². The lowest BCUT2D eigenvalue weighted by molar-refractivity contribution is 0.198. The first kappa shape index (κ1) is 14.4. The van der Waals surface area contributed by atoms with Crippen LogP contribution in [0.5, 0.6) is 5.75 Å². The summed E-state index contributed by atoms with van der Waals surface area (Å²) in [6.07, 6.45) is 6.08. The van der Waals surface area contributed by atoms with Crippen molar-refractivity contribution in [1.29, 1.82) is 0 Å². The van der Waals surface area contributed by atoms with E-state index in [0.717, 1.165) is 35.1 Å². The Labute approximate surface area is 130 Å². The molecule has 1 aromatic carbocycles. The summed E-state index contributed by atoms with van der Waals surface area (Å²) in [6, 6.07) is 10.3. The number of hydrogen-bond acceptors (Lipinski definition) is 3. The Bertz CT molecular complexity index is 600. The Kier molecular flexibility index (Phi) is 4.42. The van der Waals surface area contributed by atoms with Crippen LogP contribution in [0.2, 0.25) is 5.02 Å². The number of benzene rings is 1. The molecule has 3 nitrogen and oxygen atoms in total. The summed E-state index contributed by atoms with van der Waals surface area (Å²) >= 11 is 5.92. The Balaban J connectivity index is 1.69. The largest absolute Gasteiger partial charge is 0.490 e. The summed E-state index contributed by atoms with van der Waals surface area (Å²) in [5.41, 5.74) is 2.14. The van der Waals surface area contributed by atoms with Gasteiger partial charge in [-0.25, -0.2) is 0 Å². The molecule has 0 aliphatic carbocycles. The summed E-state index contributed by atoms with van der Waals surface area (Å²) in [5.74, 6) is 0.822. The number of pyridine rings is 1. The predicted octanol–water partition coefficient (Wildman–Crippen LogP) is 3.88. The first-order valence-corrected chi connectivity index (χ1v) is 7.64. The van der Waals surface area contributed by atoms with E-state index in [-0.39, 0.29) is 0 Å². The van der Waals surface area contributed by atoms with Gasteiger partial charge in [-0.1, -0.05) is 23.7 Å². The van der Waals surface area contributed by atoms with Gasteiger partial charge in [-0.2, -0.15) is 0 Å². The first-order valence-electron chi connectivity index (χ1n) is 7.26. The van der Waals surface area contributed by atoms with E-state index in [1.165, 1.54) is 12.8 Å². The van der Waals surface area contributed by atoms with Crippen LogP contribution in [0.15, 0.2) is 42.7 Å². The normalized spacial score (nSPS) is 18.9. The summed E-state index contributed by atoms with van der Waals surface area (Å²) in [7, 11) is 2.16. The van der Waals surface area contributed by atoms with Crippen LogP contribution in [0.3, 0.4) is 0 Å². The van der Waals surface area contributed by atoms with E-state index in [1.54, 1.807) is 6.20 Å². The maximum Gasteiger partial charge on any atom is 0.138 e. The van der Waals surface area contributed by atoms with Gasteiger partial charge >= 0.3 is 0 Å². The molecule has 0 unspecified atom stereocenters. The summed E-state index contributed by atoms with van der Waals surface area (Å²) in [5, 5.41) is 0.739. The average molecular weight is 303 g/mol. The molecule has 1 aliphatic rings. The fourth-order valence-electron chi connectivity index (χ4n) is 2.68. The smallest absolute Gasteiger partial charge is 0.138 e. The minimum atomic E-state index is 0.518. The number of likely N-dealkylation sites (N-methyl/N-ethyl adjacent to an activating group) is 1. The van der Waals surface area contributed by atoms with Crippen molar-refractivity contribution in [1.82, 2.24) is 9.88 Å². The van der Waals surface area contributed by atoms with Gasteiger partial charge in [-0.05, 0) is 50.2 Å². The number of likely N-dealkylation sites (tertiary alicyclic amines) is 1. The predicted molar refractivity (Wildman–Crippen MR) is 85.8 cm³/mol. The van der Waals surface area contributed by atoms with E-state index in [2.05, 4.69) is 16.9 Å². The van der Waals surface area contributed by atoms with Gasteiger partial charge in [0.1, 0.15) is 12.4 Å². The Morgan fingerprint density at radius 3 is 2.76 bits per heavy atom. The van der Waals surface area contributed by atoms with Gasteiger partial charge < -0.3 is 9.64 Å². The monoisotopic (exact) mass is 302 g/mol. The number of rotatable bonds is 4. The lowest BCUT2D eigenvalue weighted by Gasteiger charge is -2.19. The van der Waals surface area contributed by atoms with Crippen molar-refractivity contribution in [3.63, 3.8) is 0 Å². The first-order chi connectivity index (χ1) is 10.2. The van der Waals surface area contributed by atoms with Crippen LogP contribution in [0, 0.1) is 0 Å². The van der Waals surface area contributed by atoms with Crippen molar-refractivity contribution in [3.8, 4) is 16.9 Å². The van der Waals surface area contributed by atoms with Crippen LogP contribution >= 0.6 is 11.6 Å². The van der Waals surface area contributed by atoms with E-state index < -0.39 is 0 Å². The summed E-state index contributed by atoms with van der Waals surface area (Å²) in [4.78, 5) is 6.63. The molecule has 0 spiro atoms. The fraction of sp³-hybridized carbons (Fsp3) is 0.353. The van der Waals surface area contributed by atoms with Crippen molar-refractivity contribution < 1.29 is 4.74 Å². The highest BCUT2D eigenvalue weighted by Crippen LogP contribution is 2.24. The SMILES string of the molecule is CN1CCC[C@H]1COc1cncc(-c2ccc(Cl)cc2)c1. The molecule has 1 aliphatic heterocycles. The van der Waals surface area contributed by atoms with E-state index >= 15 is 0 Å². The Morgan fingerprint density at radius 1 is 1.24 bits per heavy atom. The number of halogens is 1. The molecule has 3 rings (SSSR count). The van der Waals surface area contributed by atoms with Crippen LogP contribution in [-0.4, -0.2) is 36.1 Å². The van der Waals surface area contributed by atoms with Crippen LogP contribution in [-0.2, 0) is 0 Å². The second-order valence-corrected chi connectivity index (χ2v) is 5.94. The molecule has 2 heterocycles. The topological polar surface area (TPSA) is 25.4 Å². The highest BCUT2D eigenvalue weighted by Gasteiger charge is 2.21. The minimum Gasteiger partial charge on any atom is -0.490 e. The minimum absolute atomic E-state index is 0.518. The van der Waals surface area contributed by atoms with Crippen LogP contribution in [0.25, 0.3) is 11.1 Å². The van der Waals surface area contributed by atoms with Crippen molar-refractivity contribution in [2.75, 3.05) is 20.2 Å². The van der Waals surface area contributed by atoms with E-state index in [4.69, 9.17) is 16.3 Å². The maximum absolute atomic E-state index is 5.92. The van der Waals surface area contributed by atoms with Crippen LogP contribution < -0.4 is 4.74 Å². The number of aromatic nitrogens is 1. The standard InChI is InChI=1S/C17H19ClN2O/c1-20-8-2-3-16(20)12-21-17-9-14(10-19-11-17)13-4-6-15(18)7-5-13/h4-7,9-11,16H,2-3,8,12H2,1H3/t16-/m0/s1. The number of ether oxygens (including phenoxy) is 1. The Morgan fingerprint density at radius 2 is 2.05 bits per heavy atom. The average Bonchev–Trinajstić information content (AvgIpc) is 2.91. The molecule has 0 radical (unpaired) electrons. The fourth-order valence-corrected chi connectivity index (χ4v) is 2.81. The van der Waals surface area contributed by atoms with Gasteiger partial charge in [0.15, 0.2) is 0 Å². The third-order valence-electron chi connectivity index (χ3n) is 4.00. The molecule has 0 amide bonds. The molecule has 1 fully saturated rings. The lowest BCUT2D eigenvalue weighted by Crippen LogP contribution is -2.30. The third kappa shape index (κ3) is 3.55. The van der Waals surface area contributed by atoms with Gasteiger partial charge in [0.2, 0.25) is 0 Å². The van der Waals surface area contributed by atoms with Crippen molar-refractivity contribution in [2.45, 2.75) is 18.9 Å². The zero-order chi connectivity index (χ0) is 14.7. The highest BCUT2D eigenvalue weighted by molar-refractivity contribution is 6.30. The summed E-state index contributed by atoms with van der Waals surface area (Å²) in [6.45, 7) is 1.89. The van der Waals surface area contributed by atoms with Gasteiger partial charge in [0.25, 0.3) is 0 Å². The molecule has 0 bridgehead atoms. The van der Waals surface area contributed by atoms with Crippen molar-refractivity contribution >= 4 is 11.6 Å². The molecular formula is C17H19ClN2O. The molecule has 1 atom stereocenters. The van der Waals surface area contributed by atoms with E-state index in [9.17, 15) is 0 Å². The second kappa shape index (κ2) is 6.46. The molecule has 2 aromatic rings. The molecule has 1 aromatic heterocycles. The van der Waals surface area contributed by atoms with Gasteiger partial charge in [0, 0.05) is 22.8 Å². The zero-order valence-corrected chi connectivity index (χ0v) is 12.9. The quantitative estimate of drug-likeness (QED) is 0.857. The Hall–Kier alpha value is -1.58. The molecule has 4 heteroatoms. The van der Waals surface area contributed by atoms with Gasteiger partial charge in [-0.15, -0.1) is 0 Å². The zero-order valence-electron chi connectivity index (χ0n) is 12.1. The van der Waals surface area contributed by atoms with E-state index in [0.29, 0.717) is 6.04 Å². The summed E-state index contributed by atoms with van der Waals surface area (Å²) < 4.78 is 5.92. The molecule has 1 saturated heterocycles. The maximum atomic E-state index is 5.92. The highest BCUT2D eigenvalue weighted by atomic mass is 35.5. The number of nitrogens with zero attached hydrogens (tertiary/aromatic N) is 2. The molecule has 110 valence electrons. The third-order valence-corrected chi connectivity index (χ3v) is 4.26. The van der Waals surface area contributed by atoms with Crippen LogP contribution in [0.4, 0.5) is 0 Å². The van der Waals surface area contributed by atoms with Gasteiger partial charge in [-0.3, -0.25) is 4.98 Å². The molecular weight excluding hydrogens is 284 g/mol. The molecule has 0 N–H and O–H groups in total. The molecule has 0 saturated carbocycles. The van der Waals surface area contributed by atoms with Crippen LogP contribution in [0.1, 0.15) is 12.8 Å². The van der Waals surface area contributed by atoms with Crippen molar-refractivity contribution in [2.24, 2.45) is 0 Å². The second-order valence-electron chi connectivity index (χ2n) is 5.50. The number of hydrogen-bond donors (Lipinski definition) is 0. The lowest BCUT2D eigenvalue weighted by atomic mass is 10.1. The molecule has 21 heavy (non-hydrogen) atoms.